The molecule has 0 aliphatic heterocycles. The van der Waals surface area contributed by atoms with Crippen molar-refractivity contribution < 1.29 is 22.5 Å². The maximum atomic E-state index is 12.5. The second-order valence-corrected chi connectivity index (χ2v) is 7.73. The number of carbonyl (C=O) groups is 1. The number of aryl methyl sites for hydroxylation is 2. The zero-order chi connectivity index (χ0) is 19.5. The summed E-state index contributed by atoms with van der Waals surface area (Å²) in [5.41, 5.74) is 1.51. The number of nitrogens with zero attached hydrogens (tertiary/aromatic N) is 2. The largest absolute Gasteiger partial charge is 0.497 e. The average Bonchev–Trinajstić information content (AvgIpc) is 2.92. The van der Waals surface area contributed by atoms with Gasteiger partial charge < -0.3 is 14.2 Å². The van der Waals surface area contributed by atoms with Crippen LogP contribution in [0.1, 0.15) is 23.9 Å². The third-order valence-corrected chi connectivity index (χ3v) is 5.58. The van der Waals surface area contributed by atoms with Crippen molar-refractivity contribution in [2.45, 2.75) is 38.3 Å². The van der Waals surface area contributed by atoms with E-state index >= 15 is 0 Å². The molecule has 0 unspecified atom stereocenters. The molecule has 0 bridgehead atoms. The highest BCUT2D eigenvalue weighted by Crippen LogP contribution is 2.17. The van der Waals surface area contributed by atoms with Gasteiger partial charge in [0.25, 0.3) is 0 Å². The lowest BCUT2D eigenvalue weighted by atomic mass is 10.2. The SMILES string of the molecule is COc1ccc(S(=O)(=O)N[C@@H](C)C(=O)N(C)Cc2c(C)noc2C)cc1. The molecule has 142 valence electrons. The summed E-state index contributed by atoms with van der Waals surface area (Å²) in [6.45, 7) is 5.35. The Bertz CT molecular complexity index is 855. The molecule has 0 saturated carbocycles. The molecule has 1 aromatic carbocycles. The number of hydrogen-bond acceptors (Lipinski definition) is 6. The van der Waals surface area contributed by atoms with Crippen LogP contribution in [-0.4, -0.2) is 44.6 Å². The third-order valence-electron chi connectivity index (χ3n) is 4.02. The first-order valence-corrected chi connectivity index (χ1v) is 9.47. The van der Waals surface area contributed by atoms with Crippen LogP contribution in [0.2, 0.25) is 0 Å². The highest BCUT2D eigenvalue weighted by molar-refractivity contribution is 7.89. The Kier molecular flexibility index (Phi) is 6.04. The van der Waals surface area contributed by atoms with E-state index in [1.807, 2.05) is 0 Å². The number of nitrogens with one attached hydrogen (secondary N) is 1. The van der Waals surface area contributed by atoms with Gasteiger partial charge in [0.1, 0.15) is 11.5 Å². The molecule has 0 saturated heterocycles. The van der Waals surface area contributed by atoms with E-state index in [4.69, 9.17) is 9.26 Å². The maximum Gasteiger partial charge on any atom is 0.241 e. The number of carbonyl (C=O) groups excluding carboxylic acids is 1. The van der Waals surface area contributed by atoms with Crippen LogP contribution in [0.4, 0.5) is 0 Å². The molecule has 1 heterocycles. The first kappa shape index (κ1) is 19.9. The molecule has 26 heavy (non-hydrogen) atoms. The van der Waals surface area contributed by atoms with Gasteiger partial charge in [0.2, 0.25) is 15.9 Å². The lowest BCUT2D eigenvalue weighted by molar-refractivity contribution is -0.131. The van der Waals surface area contributed by atoms with E-state index in [0.717, 1.165) is 5.56 Å². The Morgan fingerprint density at radius 1 is 1.31 bits per heavy atom. The lowest BCUT2D eigenvalue weighted by Crippen LogP contribution is -2.45. The van der Waals surface area contributed by atoms with Crippen molar-refractivity contribution in [1.29, 1.82) is 0 Å². The molecule has 1 atom stereocenters. The number of sulfonamides is 1. The summed E-state index contributed by atoms with van der Waals surface area (Å²) in [5.74, 6) is 0.822. The number of amides is 1. The fraction of sp³-hybridized carbons (Fsp3) is 0.412. The predicted molar refractivity (Wildman–Crippen MR) is 95.2 cm³/mol. The summed E-state index contributed by atoms with van der Waals surface area (Å²) in [6, 6.07) is 5.01. The van der Waals surface area contributed by atoms with Gasteiger partial charge in [-0.1, -0.05) is 5.16 Å². The summed E-state index contributed by atoms with van der Waals surface area (Å²) in [7, 11) is -0.724. The number of benzene rings is 1. The Hall–Kier alpha value is -2.39. The summed E-state index contributed by atoms with van der Waals surface area (Å²) >= 11 is 0. The summed E-state index contributed by atoms with van der Waals surface area (Å²) in [5, 5.41) is 3.85. The molecular formula is C17H23N3O5S. The van der Waals surface area contributed by atoms with E-state index < -0.39 is 16.1 Å². The minimum absolute atomic E-state index is 0.0614. The Morgan fingerprint density at radius 3 is 2.42 bits per heavy atom. The zero-order valence-electron chi connectivity index (χ0n) is 15.4. The van der Waals surface area contributed by atoms with Crippen LogP contribution in [0.3, 0.4) is 0 Å². The molecule has 0 aliphatic rings. The normalized spacial score (nSPS) is 12.7. The summed E-state index contributed by atoms with van der Waals surface area (Å²) < 4.78 is 37.4. The van der Waals surface area contributed by atoms with E-state index in [0.29, 0.717) is 17.2 Å². The van der Waals surface area contributed by atoms with Gasteiger partial charge in [-0.3, -0.25) is 4.79 Å². The first-order chi connectivity index (χ1) is 12.2. The molecule has 8 nitrogen and oxygen atoms in total. The van der Waals surface area contributed by atoms with E-state index in [1.165, 1.54) is 31.1 Å². The lowest BCUT2D eigenvalue weighted by Gasteiger charge is -2.22. The summed E-state index contributed by atoms with van der Waals surface area (Å²) in [6.07, 6.45) is 0. The zero-order valence-corrected chi connectivity index (χ0v) is 16.3. The number of ether oxygens (including phenoxy) is 1. The van der Waals surface area contributed by atoms with Gasteiger partial charge in [0.05, 0.1) is 30.3 Å². The van der Waals surface area contributed by atoms with Crippen molar-refractivity contribution in [2.75, 3.05) is 14.2 Å². The average molecular weight is 381 g/mol. The third kappa shape index (κ3) is 4.41. The van der Waals surface area contributed by atoms with Crippen molar-refractivity contribution in [3.05, 3.63) is 41.3 Å². The van der Waals surface area contributed by atoms with Gasteiger partial charge in [-0.2, -0.15) is 4.72 Å². The fourth-order valence-corrected chi connectivity index (χ4v) is 3.68. The van der Waals surface area contributed by atoms with Crippen molar-refractivity contribution in [3.8, 4) is 5.75 Å². The standard InChI is InChI=1S/C17H23N3O5S/c1-11-16(13(3)25-18-11)10-20(4)17(21)12(2)19-26(22,23)15-8-6-14(24-5)7-9-15/h6-9,12,19H,10H2,1-5H3/t12-/m0/s1. The van der Waals surface area contributed by atoms with Crippen molar-refractivity contribution >= 4 is 15.9 Å². The fourth-order valence-electron chi connectivity index (χ4n) is 2.48. The van der Waals surface area contributed by atoms with E-state index in [-0.39, 0.29) is 17.3 Å². The van der Waals surface area contributed by atoms with Crippen LogP contribution in [0.25, 0.3) is 0 Å². The predicted octanol–water partition coefficient (Wildman–Crippen LogP) is 1.63. The molecule has 9 heteroatoms. The molecule has 0 spiro atoms. The van der Waals surface area contributed by atoms with Crippen molar-refractivity contribution in [2.24, 2.45) is 0 Å². The molecule has 1 N–H and O–H groups in total. The second kappa shape index (κ2) is 7.88. The van der Waals surface area contributed by atoms with Crippen molar-refractivity contribution in [1.82, 2.24) is 14.8 Å². The van der Waals surface area contributed by atoms with Gasteiger partial charge in [-0.15, -0.1) is 0 Å². The quantitative estimate of drug-likeness (QED) is 0.782. The minimum Gasteiger partial charge on any atom is -0.497 e. The molecular weight excluding hydrogens is 358 g/mol. The highest BCUT2D eigenvalue weighted by atomic mass is 32.2. The topological polar surface area (TPSA) is 102 Å². The minimum atomic E-state index is -3.83. The van der Waals surface area contributed by atoms with Crippen LogP contribution in [0.5, 0.6) is 5.75 Å². The van der Waals surface area contributed by atoms with Crippen LogP contribution < -0.4 is 9.46 Å². The molecule has 1 aromatic heterocycles. The monoisotopic (exact) mass is 381 g/mol. The van der Waals surface area contributed by atoms with Gasteiger partial charge in [-0.25, -0.2) is 8.42 Å². The van der Waals surface area contributed by atoms with Gasteiger partial charge in [0, 0.05) is 12.6 Å². The number of methoxy groups -OCH3 is 1. The van der Waals surface area contributed by atoms with E-state index in [2.05, 4.69) is 9.88 Å². The van der Waals surface area contributed by atoms with Crippen LogP contribution in [-0.2, 0) is 21.4 Å². The number of aromatic nitrogens is 1. The smallest absolute Gasteiger partial charge is 0.241 e. The molecule has 2 aromatic rings. The molecule has 2 rings (SSSR count). The number of rotatable bonds is 7. The Morgan fingerprint density at radius 2 is 1.92 bits per heavy atom. The number of likely N-dealkylation sites (N-methyl/N-ethyl adjacent to an activating group) is 1. The van der Waals surface area contributed by atoms with Gasteiger partial charge >= 0.3 is 0 Å². The molecule has 0 radical (unpaired) electrons. The van der Waals surface area contributed by atoms with Gasteiger partial charge in [-0.05, 0) is 45.0 Å². The van der Waals surface area contributed by atoms with Crippen LogP contribution in [0, 0.1) is 13.8 Å². The van der Waals surface area contributed by atoms with E-state index in [1.54, 1.807) is 33.0 Å². The highest BCUT2D eigenvalue weighted by Gasteiger charge is 2.25. The van der Waals surface area contributed by atoms with Crippen LogP contribution in [0.15, 0.2) is 33.7 Å². The Balaban J connectivity index is 2.07. The maximum absolute atomic E-state index is 12.5. The Labute approximate surface area is 153 Å². The molecule has 0 aliphatic carbocycles. The number of hydrogen-bond donors (Lipinski definition) is 1. The van der Waals surface area contributed by atoms with Crippen LogP contribution >= 0.6 is 0 Å². The first-order valence-electron chi connectivity index (χ1n) is 7.99. The van der Waals surface area contributed by atoms with E-state index in [9.17, 15) is 13.2 Å². The molecule has 0 fully saturated rings. The molecule has 1 amide bonds. The second-order valence-electron chi connectivity index (χ2n) is 6.02. The van der Waals surface area contributed by atoms with Crippen molar-refractivity contribution in [3.63, 3.8) is 0 Å². The van der Waals surface area contributed by atoms with Gasteiger partial charge in [0.15, 0.2) is 0 Å². The summed E-state index contributed by atoms with van der Waals surface area (Å²) in [4.78, 5) is 14.0.